The Bertz CT molecular complexity index is 69.4. The zero-order valence-corrected chi connectivity index (χ0v) is 4.80. The molecule has 0 aliphatic carbocycles. The highest BCUT2D eigenvalue weighted by molar-refractivity contribution is 7.79. The van der Waals surface area contributed by atoms with Crippen LogP contribution in [0.15, 0.2) is 17.0 Å². The van der Waals surface area contributed by atoms with Crippen molar-refractivity contribution in [2.24, 2.45) is 0 Å². The smallest absolute Gasteiger partial charge is 0.144 e. The van der Waals surface area contributed by atoms with Crippen LogP contribution in [0.5, 0.6) is 0 Å². The van der Waals surface area contributed by atoms with Gasteiger partial charge in [-0.2, -0.15) is 12.6 Å². The first kappa shape index (κ1) is 6.49. The van der Waals surface area contributed by atoms with Crippen LogP contribution in [0.3, 0.4) is 0 Å². The van der Waals surface area contributed by atoms with Crippen molar-refractivity contribution in [2.75, 3.05) is 6.26 Å². The van der Waals surface area contributed by atoms with Crippen molar-refractivity contribution in [1.82, 2.24) is 10.4 Å². The Morgan fingerprint density at radius 3 is 2.43 bits per heavy atom. The van der Waals surface area contributed by atoms with Crippen LogP contribution in [0, 0.1) is 0 Å². The Kier molecular flexibility index (Phi) is 5.09. The van der Waals surface area contributed by atoms with Crippen LogP contribution in [-0.2, 0) is 0 Å². The highest BCUT2D eigenvalue weighted by Gasteiger charge is 1.61. The average molecular weight is 118 g/mol. The summed E-state index contributed by atoms with van der Waals surface area (Å²) in [7, 11) is 0. The summed E-state index contributed by atoms with van der Waals surface area (Å²) in [6, 6.07) is 0. The van der Waals surface area contributed by atoms with Crippen molar-refractivity contribution in [3.05, 3.63) is 12.5 Å². The van der Waals surface area contributed by atoms with E-state index in [1.807, 2.05) is 0 Å². The third kappa shape index (κ3) is 3.32. The number of thiol groups is 1. The molecule has 1 aromatic heterocycles. The summed E-state index contributed by atoms with van der Waals surface area (Å²) >= 11 is 3.53. The molecule has 0 bridgehead atoms. The highest BCUT2D eigenvalue weighted by atomic mass is 32.1. The zero-order valence-electron chi connectivity index (χ0n) is 3.90. The quantitative estimate of drug-likeness (QED) is 0.507. The van der Waals surface area contributed by atoms with Crippen LogP contribution in [0.4, 0.5) is 0 Å². The van der Waals surface area contributed by atoms with Crippen LogP contribution in [0.25, 0.3) is 0 Å². The highest BCUT2D eigenvalue weighted by Crippen LogP contribution is 1.64. The molecule has 1 rings (SSSR count). The van der Waals surface area contributed by atoms with Gasteiger partial charge < -0.3 is 4.52 Å². The van der Waals surface area contributed by atoms with Gasteiger partial charge in [0.25, 0.3) is 0 Å². The Labute approximate surface area is 47.1 Å². The van der Waals surface area contributed by atoms with Gasteiger partial charge in [0, 0.05) is 5.27 Å². The van der Waals surface area contributed by atoms with Crippen molar-refractivity contribution in [3.63, 3.8) is 0 Å². The summed E-state index contributed by atoms with van der Waals surface area (Å²) in [4.78, 5) is 0. The maximum Gasteiger partial charge on any atom is 0.144 e. The van der Waals surface area contributed by atoms with Crippen LogP contribution < -0.4 is 0 Å². The van der Waals surface area contributed by atoms with E-state index in [1.165, 1.54) is 12.5 Å². The van der Waals surface area contributed by atoms with Gasteiger partial charge in [-0.05, 0) is 6.26 Å². The molecule has 0 N–H and O–H groups in total. The second-order valence-corrected chi connectivity index (χ2v) is 0.588. The fourth-order valence-corrected chi connectivity index (χ4v) is 0.136. The molecule has 0 fully saturated rings. The maximum absolute atomic E-state index is 4.22. The van der Waals surface area contributed by atoms with Crippen molar-refractivity contribution in [2.45, 2.75) is 0 Å². The molecule has 0 saturated heterocycles. The second-order valence-electron chi connectivity index (χ2n) is 0.588. The number of nitrogens with zero attached hydrogens (tertiary/aromatic N) is 2. The Morgan fingerprint density at radius 2 is 2.29 bits per heavy atom. The first-order valence-corrected chi connectivity index (χ1v) is 2.55. The van der Waals surface area contributed by atoms with Crippen LogP contribution in [-0.4, -0.2) is 16.6 Å². The third-order valence-electron chi connectivity index (χ3n) is 0.283. The van der Waals surface area contributed by atoms with E-state index in [4.69, 9.17) is 0 Å². The standard InChI is InChI=1S/C2H2N2O.CH4S/c1-2-5-4-3-1;1-2/h1-2H;2H,1H3. The summed E-state index contributed by atoms with van der Waals surface area (Å²) in [5.74, 6) is 0. The molecule has 1 aromatic rings. The molecule has 0 aliphatic rings. The molecule has 0 aromatic carbocycles. The molecule has 7 heavy (non-hydrogen) atoms. The minimum atomic E-state index is 1.40. The lowest BCUT2D eigenvalue weighted by molar-refractivity contribution is 0.393. The molecule has 0 aliphatic heterocycles. The lowest BCUT2D eigenvalue weighted by atomic mass is 11.0. The number of rotatable bonds is 0. The normalized spacial score (nSPS) is 6.57. The van der Waals surface area contributed by atoms with E-state index in [2.05, 4.69) is 27.5 Å². The van der Waals surface area contributed by atoms with Crippen molar-refractivity contribution < 1.29 is 4.52 Å². The number of hydrogen-bond donors (Lipinski definition) is 1. The monoisotopic (exact) mass is 118 g/mol. The van der Waals surface area contributed by atoms with E-state index in [0.29, 0.717) is 0 Å². The van der Waals surface area contributed by atoms with Gasteiger partial charge in [0.1, 0.15) is 6.26 Å². The van der Waals surface area contributed by atoms with Gasteiger partial charge in [0.15, 0.2) is 0 Å². The fraction of sp³-hybridized carbons (Fsp3) is 0.333. The van der Waals surface area contributed by atoms with Gasteiger partial charge >= 0.3 is 0 Å². The summed E-state index contributed by atoms with van der Waals surface area (Å²) in [6.07, 6.45) is 4.57. The van der Waals surface area contributed by atoms with E-state index in [1.54, 1.807) is 6.26 Å². The van der Waals surface area contributed by atoms with Crippen LogP contribution in [0.2, 0.25) is 0 Å². The molecule has 0 unspecified atom stereocenters. The van der Waals surface area contributed by atoms with Crippen molar-refractivity contribution in [3.8, 4) is 0 Å². The zero-order chi connectivity index (χ0) is 5.54. The first-order chi connectivity index (χ1) is 3.50. The summed E-state index contributed by atoms with van der Waals surface area (Å²) in [5, 5.41) is 6.40. The third-order valence-corrected chi connectivity index (χ3v) is 0.283. The maximum atomic E-state index is 4.22. The Morgan fingerprint density at radius 1 is 1.57 bits per heavy atom. The summed E-state index contributed by atoms with van der Waals surface area (Å²) in [5.41, 5.74) is 0. The molecular weight excluding hydrogens is 112 g/mol. The van der Waals surface area contributed by atoms with E-state index >= 15 is 0 Å². The summed E-state index contributed by atoms with van der Waals surface area (Å²) < 4.78 is 4.22. The molecule has 1 heterocycles. The fourth-order valence-electron chi connectivity index (χ4n) is 0.136. The average Bonchev–Trinajstić information content (AvgIpc) is 2.23. The Hall–Kier alpha value is -0.510. The van der Waals surface area contributed by atoms with Crippen molar-refractivity contribution in [1.29, 1.82) is 0 Å². The van der Waals surface area contributed by atoms with Gasteiger partial charge in [-0.1, -0.05) is 0 Å². The van der Waals surface area contributed by atoms with Gasteiger partial charge in [-0.25, -0.2) is 0 Å². The number of aromatic nitrogens is 2. The lowest BCUT2D eigenvalue weighted by Crippen LogP contribution is -1.53. The van der Waals surface area contributed by atoms with Gasteiger partial charge in [-0.15, -0.1) is 5.10 Å². The van der Waals surface area contributed by atoms with Gasteiger partial charge in [0.2, 0.25) is 0 Å². The lowest BCUT2D eigenvalue weighted by Gasteiger charge is -1.45. The topological polar surface area (TPSA) is 38.9 Å². The SMILES string of the molecule is CS.c1conn1. The molecule has 0 amide bonds. The van der Waals surface area contributed by atoms with E-state index in [9.17, 15) is 0 Å². The molecular formula is C3H6N2OS. The molecule has 4 heteroatoms. The summed E-state index contributed by atoms with van der Waals surface area (Å²) in [6.45, 7) is 0. The van der Waals surface area contributed by atoms with E-state index < -0.39 is 0 Å². The van der Waals surface area contributed by atoms with Crippen LogP contribution in [0.1, 0.15) is 0 Å². The van der Waals surface area contributed by atoms with Gasteiger partial charge in [-0.3, -0.25) is 0 Å². The van der Waals surface area contributed by atoms with Crippen molar-refractivity contribution >= 4 is 12.6 Å². The van der Waals surface area contributed by atoms with E-state index in [0.717, 1.165) is 0 Å². The molecule has 3 nitrogen and oxygen atoms in total. The second kappa shape index (κ2) is 5.49. The van der Waals surface area contributed by atoms with Crippen LogP contribution >= 0.6 is 12.6 Å². The molecule has 40 valence electrons. The minimum Gasteiger partial charge on any atom is -0.346 e. The molecule has 0 radical (unpaired) electrons. The number of hydrogen-bond acceptors (Lipinski definition) is 4. The van der Waals surface area contributed by atoms with E-state index in [-0.39, 0.29) is 0 Å². The van der Waals surface area contributed by atoms with Gasteiger partial charge in [0.05, 0.1) is 6.20 Å². The Balaban J connectivity index is 0.000000162. The molecule has 0 saturated carbocycles. The molecule has 0 atom stereocenters. The molecule has 0 spiro atoms. The first-order valence-electron chi connectivity index (χ1n) is 1.66. The predicted octanol–water partition coefficient (Wildman–Crippen LogP) is 0.616. The predicted molar refractivity (Wildman–Crippen MR) is 29.2 cm³/mol. The largest absolute Gasteiger partial charge is 0.346 e. The minimum absolute atomic E-state index is 1.40.